The van der Waals surface area contributed by atoms with Crippen LogP contribution in [0.2, 0.25) is 0 Å². The predicted molar refractivity (Wildman–Crippen MR) is 136 cm³/mol. The van der Waals surface area contributed by atoms with E-state index < -0.39 is 23.6 Å². The van der Waals surface area contributed by atoms with E-state index in [1.165, 1.54) is 4.90 Å². The van der Waals surface area contributed by atoms with Gasteiger partial charge in [0.05, 0.1) is 22.2 Å². The van der Waals surface area contributed by atoms with Crippen molar-refractivity contribution in [3.8, 4) is 10.4 Å². The lowest BCUT2D eigenvalue weighted by atomic mass is 9.85. The summed E-state index contributed by atoms with van der Waals surface area (Å²) in [6, 6.07) is 6.32. The molecule has 1 aromatic heterocycles. The molecular weight excluding hydrogens is 464 g/mol. The lowest BCUT2D eigenvalue weighted by Crippen LogP contribution is -2.58. The fourth-order valence-electron chi connectivity index (χ4n) is 4.09. The molecule has 190 valence electrons. The molecule has 3 N–H and O–H groups in total. The molecule has 3 atom stereocenters. The Morgan fingerprint density at radius 1 is 1.20 bits per heavy atom. The van der Waals surface area contributed by atoms with Gasteiger partial charge in [-0.25, -0.2) is 4.98 Å². The highest BCUT2D eigenvalue weighted by Crippen LogP contribution is 2.28. The van der Waals surface area contributed by atoms with Crippen LogP contribution in [0.5, 0.6) is 0 Å². The van der Waals surface area contributed by atoms with Crippen LogP contribution >= 0.6 is 11.3 Å². The van der Waals surface area contributed by atoms with E-state index in [1.807, 2.05) is 57.5 Å². The normalized spacial score (nSPS) is 19.0. The zero-order valence-electron chi connectivity index (χ0n) is 21.3. The van der Waals surface area contributed by atoms with Crippen molar-refractivity contribution >= 4 is 29.1 Å². The average molecular weight is 501 g/mol. The van der Waals surface area contributed by atoms with E-state index in [4.69, 9.17) is 0 Å². The largest absolute Gasteiger partial charge is 0.391 e. The fraction of sp³-hybridized carbons (Fsp3) is 0.538. The van der Waals surface area contributed by atoms with Crippen LogP contribution in [-0.2, 0) is 20.9 Å². The van der Waals surface area contributed by atoms with Gasteiger partial charge in [-0.1, -0.05) is 58.9 Å². The molecule has 1 fully saturated rings. The summed E-state index contributed by atoms with van der Waals surface area (Å²) in [5, 5.41) is 16.0. The Morgan fingerprint density at radius 2 is 1.86 bits per heavy atom. The number of nitrogens with zero attached hydrogens (tertiary/aromatic N) is 2. The van der Waals surface area contributed by atoms with Gasteiger partial charge in [0, 0.05) is 25.4 Å². The Bertz CT molecular complexity index is 1060. The van der Waals surface area contributed by atoms with E-state index in [2.05, 4.69) is 15.6 Å². The maximum atomic E-state index is 13.5. The number of likely N-dealkylation sites (tertiary alicyclic amines) is 1. The van der Waals surface area contributed by atoms with Crippen LogP contribution in [-0.4, -0.2) is 57.4 Å². The lowest BCUT2D eigenvalue weighted by Gasteiger charge is -2.35. The molecule has 35 heavy (non-hydrogen) atoms. The van der Waals surface area contributed by atoms with Crippen LogP contribution in [0, 0.1) is 18.3 Å². The number of aryl methyl sites for hydroxylation is 1. The molecule has 0 radical (unpaired) electrons. The molecule has 9 heteroatoms. The molecule has 1 aliphatic heterocycles. The molecule has 1 saturated heterocycles. The minimum atomic E-state index is -0.805. The van der Waals surface area contributed by atoms with Crippen LogP contribution in [0.25, 0.3) is 10.4 Å². The van der Waals surface area contributed by atoms with Gasteiger partial charge in [0.25, 0.3) is 0 Å². The molecule has 0 bridgehead atoms. The van der Waals surface area contributed by atoms with Crippen LogP contribution < -0.4 is 10.6 Å². The van der Waals surface area contributed by atoms with Crippen molar-refractivity contribution in [2.45, 2.75) is 72.7 Å². The van der Waals surface area contributed by atoms with Gasteiger partial charge in [0.2, 0.25) is 17.7 Å². The van der Waals surface area contributed by atoms with Gasteiger partial charge in [0.15, 0.2) is 0 Å². The second-order valence-corrected chi connectivity index (χ2v) is 11.4. The number of hydrogen-bond acceptors (Lipinski definition) is 6. The molecule has 3 rings (SSSR count). The Morgan fingerprint density at radius 3 is 2.40 bits per heavy atom. The summed E-state index contributed by atoms with van der Waals surface area (Å²) < 4.78 is 0. The second kappa shape index (κ2) is 10.9. The van der Waals surface area contributed by atoms with Crippen molar-refractivity contribution in [1.82, 2.24) is 20.5 Å². The SMILES string of the molecule is Cc1ncsc1-c1ccc(CNC(=O)[C@H]2C[C@H](O)CN2C(=O)[C@H](NC(=O)C(C)C)C(C)(C)C)cc1. The highest BCUT2D eigenvalue weighted by molar-refractivity contribution is 7.13. The Labute approximate surface area is 211 Å². The summed E-state index contributed by atoms with van der Waals surface area (Å²) in [4.78, 5) is 45.7. The standard InChI is InChI=1S/C26H36N4O4S/c1-15(2)23(32)29-22(26(4,5)6)25(34)30-13-19(31)11-20(30)24(33)27-12-17-7-9-18(10-8-17)21-16(3)28-14-35-21/h7-10,14-15,19-20,22,31H,11-13H2,1-6H3,(H,27,33)(H,29,32)/t19-,20+,22-/m0/s1. The number of carbonyl (C=O) groups excluding carboxylic acids is 3. The number of nitrogens with one attached hydrogen (secondary N) is 2. The number of β-amino-alcohol motifs (C(OH)–C–C–N with tert-alkyl or cyclic N) is 1. The number of hydrogen-bond donors (Lipinski definition) is 3. The number of aliphatic hydroxyl groups is 1. The highest BCUT2D eigenvalue weighted by atomic mass is 32.1. The van der Waals surface area contributed by atoms with Gasteiger partial charge in [0.1, 0.15) is 12.1 Å². The minimum Gasteiger partial charge on any atom is -0.391 e. The summed E-state index contributed by atoms with van der Waals surface area (Å²) in [6.45, 7) is 11.5. The van der Waals surface area contributed by atoms with Crippen LogP contribution in [0.15, 0.2) is 29.8 Å². The molecule has 3 amide bonds. The third-order valence-electron chi connectivity index (χ3n) is 6.22. The summed E-state index contributed by atoms with van der Waals surface area (Å²) >= 11 is 1.59. The lowest BCUT2D eigenvalue weighted by molar-refractivity contribution is -0.144. The Balaban J connectivity index is 1.68. The Kier molecular flexibility index (Phi) is 8.33. The first-order valence-corrected chi connectivity index (χ1v) is 12.8. The summed E-state index contributed by atoms with van der Waals surface area (Å²) in [5.41, 5.74) is 4.25. The fourth-order valence-corrected chi connectivity index (χ4v) is 4.90. The molecule has 0 unspecified atom stereocenters. The summed E-state index contributed by atoms with van der Waals surface area (Å²) in [5.74, 6) is -1.18. The van der Waals surface area contributed by atoms with E-state index in [-0.39, 0.29) is 36.6 Å². The van der Waals surface area contributed by atoms with Crippen molar-refractivity contribution < 1.29 is 19.5 Å². The number of thiazole rings is 1. The zero-order chi connectivity index (χ0) is 25.9. The maximum Gasteiger partial charge on any atom is 0.246 e. The monoisotopic (exact) mass is 500 g/mol. The first-order chi connectivity index (χ1) is 16.4. The maximum absolute atomic E-state index is 13.5. The molecule has 0 saturated carbocycles. The summed E-state index contributed by atoms with van der Waals surface area (Å²) in [6.07, 6.45) is -0.631. The van der Waals surface area contributed by atoms with Gasteiger partial charge < -0.3 is 20.6 Å². The van der Waals surface area contributed by atoms with Crippen molar-refractivity contribution in [2.75, 3.05) is 6.54 Å². The number of aliphatic hydroxyl groups excluding tert-OH is 1. The van der Waals surface area contributed by atoms with Crippen molar-refractivity contribution in [1.29, 1.82) is 0 Å². The number of benzene rings is 1. The molecule has 2 aromatic rings. The highest BCUT2D eigenvalue weighted by Gasteiger charge is 2.44. The van der Waals surface area contributed by atoms with Crippen LogP contribution in [0.4, 0.5) is 0 Å². The quantitative estimate of drug-likeness (QED) is 0.541. The number of aromatic nitrogens is 1. The third kappa shape index (κ3) is 6.46. The van der Waals surface area contributed by atoms with Gasteiger partial charge in [-0.2, -0.15) is 0 Å². The van der Waals surface area contributed by atoms with Crippen LogP contribution in [0.1, 0.15) is 52.3 Å². The number of amides is 3. The molecule has 0 spiro atoms. The Hall–Kier alpha value is -2.78. The first-order valence-electron chi connectivity index (χ1n) is 11.9. The van der Waals surface area contributed by atoms with E-state index >= 15 is 0 Å². The predicted octanol–water partition coefficient (Wildman–Crippen LogP) is 2.88. The van der Waals surface area contributed by atoms with Crippen molar-refractivity contribution in [3.05, 3.63) is 41.0 Å². The molecular formula is C26H36N4O4S. The molecule has 0 aliphatic carbocycles. The van der Waals surface area contributed by atoms with Gasteiger partial charge in [-0.15, -0.1) is 11.3 Å². The smallest absolute Gasteiger partial charge is 0.246 e. The molecule has 1 aromatic carbocycles. The average Bonchev–Trinajstić information content (AvgIpc) is 3.40. The van der Waals surface area contributed by atoms with Crippen molar-refractivity contribution in [3.63, 3.8) is 0 Å². The summed E-state index contributed by atoms with van der Waals surface area (Å²) in [7, 11) is 0. The molecule has 2 heterocycles. The van der Waals surface area contributed by atoms with Crippen molar-refractivity contribution in [2.24, 2.45) is 11.3 Å². The van der Waals surface area contributed by atoms with Gasteiger partial charge >= 0.3 is 0 Å². The third-order valence-corrected chi connectivity index (χ3v) is 7.19. The second-order valence-electron chi connectivity index (χ2n) is 10.5. The topological polar surface area (TPSA) is 112 Å². The van der Waals surface area contributed by atoms with E-state index in [0.717, 1.165) is 21.7 Å². The zero-order valence-corrected chi connectivity index (χ0v) is 22.1. The van der Waals surface area contributed by atoms with E-state index in [9.17, 15) is 19.5 Å². The minimum absolute atomic E-state index is 0.0595. The molecule has 8 nitrogen and oxygen atoms in total. The van der Waals surface area contributed by atoms with E-state index in [1.54, 1.807) is 25.2 Å². The van der Waals surface area contributed by atoms with Crippen LogP contribution in [0.3, 0.4) is 0 Å². The number of rotatable bonds is 7. The number of carbonyl (C=O) groups is 3. The van der Waals surface area contributed by atoms with Gasteiger partial charge in [-0.05, 0) is 23.5 Å². The van der Waals surface area contributed by atoms with Gasteiger partial charge in [-0.3, -0.25) is 14.4 Å². The van der Waals surface area contributed by atoms with E-state index in [0.29, 0.717) is 6.54 Å². The first kappa shape index (κ1) is 26.8. The molecule has 1 aliphatic rings.